The molecule has 0 aliphatic carbocycles. The minimum atomic E-state index is -3.83. The fourth-order valence-electron chi connectivity index (χ4n) is 1.33. The zero-order valence-corrected chi connectivity index (χ0v) is 10.8. The molecule has 0 atom stereocenters. The molecule has 7 nitrogen and oxygen atoms in total. The van der Waals surface area contributed by atoms with Gasteiger partial charge in [0.05, 0.1) is 13.2 Å². The first-order chi connectivity index (χ1) is 7.93. The predicted molar refractivity (Wildman–Crippen MR) is 62.6 cm³/mol. The second-order valence-electron chi connectivity index (χ2n) is 3.28. The lowest BCUT2D eigenvalue weighted by molar-refractivity contribution is 0.217. The molecule has 0 aromatic carbocycles. The molecule has 0 radical (unpaired) electrons. The number of hydrogen-bond donors (Lipinski definition) is 3. The van der Waals surface area contributed by atoms with Crippen LogP contribution in [0.4, 0.5) is 0 Å². The molecule has 0 amide bonds. The van der Waals surface area contributed by atoms with Gasteiger partial charge in [0.1, 0.15) is 0 Å². The number of H-pyrrole nitrogens is 1. The topological polar surface area (TPSA) is 111 Å². The third kappa shape index (κ3) is 3.13. The van der Waals surface area contributed by atoms with Crippen molar-refractivity contribution < 1.29 is 18.6 Å². The molecule has 1 aromatic rings. The zero-order chi connectivity index (χ0) is 13.1. The molecule has 0 unspecified atom stereocenters. The summed E-state index contributed by atoms with van der Waals surface area (Å²) in [6, 6.07) is 0. The standard InChI is InChI=1S/C8H14N2O5S2/c1-6-7(16-8(13)9-6)17(14,15)10(2-4-11)3-5-12/h11-12H,2-5H2,1H3,(H,9,13). The molecular weight excluding hydrogens is 268 g/mol. The van der Waals surface area contributed by atoms with Gasteiger partial charge in [-0.3, -0.25) is 4.79 Å². The molecule has 1 heterocycles. The Morgan fingerprint density at radius 3 is 2.18 bits per heavy atom. The van der Waals surface area contributed by atoms with Gasteiger partial charge in [0.25, 0.3) is 10.0 Å². The molecule has 3 N–H and O–H groups in total. The fourth-order valence-corrected chi connectivity index (χ4v) is 4.19. The van der Waals surface area contributed by atoms with Gasteiger partial charge in [0.15, 0.2) is 4.21 Å². The predicted octanol–water partition coefficient (Wildman–Crippen LogP) is -1.28. The minimum absolute atomic E-state index is 0.0793. The smallest absolute Gasteiger partial charge is 0.305 e. The van der Waals surface area contributed by atoms with Crippen LogP contribution in [0.2, 0.25) is 0 Å². The summed E-state index contributed by atoms with van der Waals surface area (Å²) in [5, 5.41) is 17.6. The highest BCUT2D eigenvalue weighted by Crippen LogP contribution is 2.20. The number of aryl methyl sites for hydroxylation is 1. The number of nitrogens with zero attached hydrogens (tertiary/aromatic N) is 1. The second kappa shape index (κ2) is 5.74. The van der Waals surface area contributed by atoms with Crippen molar-refractivity contribution >= 4 is 21.4 Å². The van der Waals surface area contributed by atoms with Crippen molar-refractivity contribution in [2.45, 2.75) is 11.1 Å². The van der Waals surface area contributed by atoms with Gasteiger partial charge < -0.3 is 15.2 Å². The van der Waals surface area contributed by atoms with Crippen LogP contribution in [0, 0.1) is 6.92 Å². The highest BCUT2D eigenvalue weighted by atomic mass is 32.2. The average molecular weight is 282 g/mol. The lowest BCUT2D eigenvalue weighted by atomic mass is 10.6. The Hall–Kier alpha value is -0.740. The highest BCUT2D eigenvalue weighted by Gasteiger charge is 2.27. The molecule has 17 heavy (non-hydrogen) atoms. The SMILES string of the molecule is Cc1[nH]c(=O)sc1S(=O)(=O)N(CCO)CCO. The van der Waals surface area contributed by atoms with E-state index in [0.29, 0.717) is 11.3 Å². The first-order valence-electron chi connectivity index (χ1n) is 4.85. The Balaban J connectivity index is 3.15. The second-order valence-corrected chi connectivity index (χ2v) is 6.39. The molecule has 0 fully saturated rings. The molecule has 0 saturated heterocycles. The normalized spacial score (nSPS) is 12.2. The summed E-state index contributed by atoms with van der Waals surface area (Å²) in [4.78, 5) is 13.0. The fraction of sp³-hybridized carbons (Fsp3) is 0.625. The Bertz CT molecular complexity index is 512. The van der Waals surface area contributed by atoms with Crippen LogP contribution in [0.5, 0.6) is 0 Å². The van der Waals surface area contributed by atoms with E-state index in [4.69, 9.17) is 10.2 Å². The first-order valence-corrected chi connectivity index (χ1v) is 7.10. The summed E-state index contributed by atoms with van der Waals surface area (Å²) >= 11 is 0.597. The van der Waals surface area contributed by atoms with Gasteiger partial charge in [-0.25, -0.2) is 8.42 Å². The highest BCUT2D eigenvalue weighted by molar-refractivity contribution is 7.91. The molecule has 9 heteroatoms. The summed E-state index contributed by atoms with van der Waals surface area (Å²) in [7, 11) is -3.83. The Morgan fingerprint density at radius 2 is 1.82 bits per heavy atom. The van der Waals surface area contributed by atoms with Crippen LogP contribution in [-0.4, -0.2) is 54.2 Å². The van der Waals surface area contributed by atoms with E-state index in [2.05, 4.69) is 4.98 Å². The van der Waals surface area contributed by atoms with E-state index in [0.717, 1.165) is 4.31 Å². The third-order valence-electron chi connectivity index (χ3n) is 2.05. The average Bonchev–Trinajstić information content (AvgIpc) is 2.58. The van der Waals surface area contributed by atoms with E-state index in [1.807, 2.05) is 0 Å². The van der Waals surface area contributed by atoms with Crippen molar-refractivity contribution in [3.8, 4) is 0 Å². The van der Waals surface area contributed by atoms with Crippen LogP contribution < -0.4 is 4.87 Å². The van der Waals surface area contributed by atoms with Crippen LogP contribution in [-0.2, 0) is 10.0 Å². The van der Waals surface area contributed by atoms with E-state index < -0.39 is 14.9 Å². The van der Waals surface area contributed by atoms with Crippen LogP contribution in [0.1, 0.15) is 5.69 Å². The van der Waals surface area contributed by atoms with Crippen molar-refractivity contribution in [1.82, 2.24) is 9.29 Å². The zero-order valence-electron chi connectivity index (χ0n) is 9.21. The molecule has 1 aromatic heterocycles. The van der Waals surface area contributed by atoms with Gasteiger partial charge in [-0.05, 0) is 6.92 Å². The maximum atomic E-state index is 12.1. The van der Waals surface area contributed by atoms with Crippen molar-refractivity contribution in [1.29, 1.82) is 0 Å². The van der Waals surface area contributed by atoms with Crippen molar-refractivity contribution in [2.75, 3.05) is 26.3 Å². The van der Waals surface area contributed by atoms with Gasteiger partial charge >= 0.3 is 4.87 Å². The van der Waals surface area contributed by atoms with Gasteiger partial charge in [0.2, 0.25) is 0 Å². The van der Waals surface area contributed by atoms with E-state index in [-0.39, 0.29) is 36.2 Å². The number of aromatic amines is 1. The number of aromatic nitrogens is 1. The molecule has 98 valence electrons. The van der Waals surface area contributed by atoms with Crippen LogP contribution in [0.15, 0.2) is 9.00 Å². The van der Waals surface area contributed by atoms with Crippen molar-refractivity contribution in [2.24, 2.45) is 0 Å². The summed E-state index contributed by atoms with van der Waals surface area (Å²) in [6.45, 7) is 0.554. The van der Waals surface area contributed by atoms with Gasteiger partial charge in [-0.1, -0.05) is 11.3 Å². The lowest BCUT2D eigenvalue weighted by Crippen LogP contribution is -2.35. The number of aliphatic hydroxyl groups excluding tert-OH is 2. The summed E-state index contributed by atoms with van der Waals surface area (Å²) in [5.41, 5.74) is 0.265. The van der Waals surface area contributed by atoms with Gasteiger partial charge in [-0.2, -0.15) is 4.31 Å². The number of nitrogens with one attached hydrogen (secondary N) is 1. The van der Waals surface area contributed by atoms with E-state index in [1.54, 1.807) is 0 Å². The number of aliphatic hydroxyl groups is 2. The van der Waals surface area contributed by atoms with Crippen LogP contribution in [0.25, 0.3) is 0 Å². The van der Waals surface area contributed by atoms with Gasteiger partial charge in [0, 0.05) is 18.8 Å². The molecule has 0 saturated carbocycles. The summed E-state index contributed by atoms with van der Waals surface area (Å²) in [5.74, 6) is 0. The summed E-state index contributed by atoms with van der Waals surface area (Å²) in [6.07, 6.45) is 0. The molecule has 0 spiro atoms. The third-order valence-corrected chi connectivity index (χ3v) is 5.53. The molecule has 0 aliphatic rings. The number of rotatable bonds is 6. The maximum absolute atomic E-state index is 12.1. The Kier molecular flexibility index (Phi) is 4.83. The maximum Gasteiger partial charge on any atom is 0.305 e. The Morgan fingerprint density at radius 1 is 1.29 bits per heavy atom. The largest absolute Gasteiger partial charge is 0.395 e. The number of hydrogen-bond acceptors (Lipinski definition) is 6. The minimum Gasteiger partial charge on any atom is -0.395 e. The Labute approximate surface area is 102 Å². The first kappa shape index (κ1) is 14.3. The van der Waals surface area contributed by atoms with Crippen LogP contribution in [0.3, 0.4) is 0 Å². The van der Waals surface area contributed by atoms with Crippen LogP contribution >= 0.6 is 11.3 Å². The molecular formula is C8H14N2O5S2. The summed E-state index contributed by atoms with van der Waals surface area (Å²) < 4.78 is 25.1. The quantitative estimate of drug-likeness (QED) is 0.602. The van der Waals surface area contributed by atoms with E-state index in [9.17, 15) is 13.2 Å². The molecule has 0 aliphatic heterocycles. The lowest BCUT2D eigenvalue weighted by Gasteiger charge is -2.19. The van der Waals surface area contributed by atoms with E-state index in [1.165, 1.54) is 6.92 Å². The molecule has 0 bridgehead atoms. The number of sulfonamides is 1. The number of thiazole rings is 1. The molecule has 1 rings (SSSR count). The monoisotopic (exact) mass is 282 g/mol. The van der Waals surface area contributed by atoms with E-state index >= 15 is 0 Å². The van der Waals surface area contributed by atoms with Gasteiger partial charge in [-0.15, -0.1) is 0 Å². The van der Waals surface area contributed by atoms with Crippen molar-refractivity contribution in [3.05, 3.63) is 15.4 Å². The van der Waals surface area contributed by atoms with Crippen molar-refractivity contribution in [3.63, 3.8) is 0 Å².